The third kappa shape index (κ3) is 4.21. The largest absolute Gasteiger partial charge is 0.396 e. The number of hydrogen-bond donors (Lipinski definition) is 2. The van der Waals surface area contributed by atoms with Gasteiger partial charge in [0.25, 0.3) is 5.91 Å². The number of benzene rings is 1. The molecule has 1 aliphatic heterocycles. The van der Waals surface area contributed by atoms with Crippen LogP contribution in [0.5, 0.6) is 0 Å². The van der Waals surface area contributed by atoms with Gasteiger partial charge in [0.1, 0.15) is 10.6 Å². The maximum Gasteiger partial charge on any atom is 0.265 e. The number of likely N-dealkylation sites (tertiary alicyclic amines) is 1. The molecule has 7 heteroatoms. The van der Waals surface area contributed by atoms with Crippen LogP contribution in [0.1, 0.15) is 28.1 Å². The number of carbonyl (C=O) groups is 1. The summed E-state index contributed by atoms with van der Waals surface area (Å²) < 4.78 is 4.34. The number of rotatable bonds is 5. The van der Waals surface area contributed by atoms with Crippen molar-refractivity contribution in [2.45, 2.75) is 25.4 Å². The van der Waals surface area contributed by atoms with Crippen LogP contribution < -0.4 is 11.1 Å². The summed E-state index contributed by atoms with van der Waals surface area (Å²) in [6.45, 7) is 2.89. The normalized spacial score (nSPS) is 15.4. The first-order chi connectivity index (χ1) is 13.7. The highest BCUT2D eigenvalue weighted by molar-refractivity contribution is 7.09. The SMILES string of the molecule is Nc1c(-c2ccccn2)nsc1C(=O)NC1CCN(Cc2ccccc2)CC1. The predicted octanol–water partition coefficient (Wildman–Crippen LogP) is 3.18. The van der Waals surface area contributed by atoms with E-state index in [1.807, 2.05) is 24.3 Å². The molecule has 3 aromatic rings. The zero-order valence-corrected chi connectivity index (χ0v) is 16.4. The highest BCUT2D eigenvalue weighted by Crippen LogP contribution is 2.29. The van der Waals surface area contributed by atoms with Crippen LogP contribution in [0.25, 0.3) is 11.4 Å². The third-order valence-electron chi connectivity index (χ3n) is 5.01. The molecule has 1 amide bonds. The van der Waals surface area contributed by atoms with Crippen LogP contribution in [0.4, 0.5) is 5.69 Å². The second-order valence-corrected chi connectivity index (χ2v) is 7.77. The van der Waals surface area contributed by atoms with Crippen LogP contribution in [0.15, 0.2) is 54.7 Å². The maximum absolute atomic E-state index is 12.7. The number of hydrogen-bond acceptors (Lipinski definition) is 6. The molecule has 1 aromatic carbocycles. The number of nitrogens with zero attached hydrogens (tertiary/aromatic N) is 3. The molecule has 0 atom stereocenters. The number of nitrogens with one attached hydrogen (secondary N) is 1. The Labute approximate surface area is 168 Å². The molecule has 2 aromatic heterocycles. The molecule has 0 radical (unpaired) electrons. The van der Waals surface area contributed by atoms with Crippen molar-refractivity contribution < 1.29 is 4.79 Å². The van der Waals surface area contributed by atoms with Crippen molar-refractivity contribution in [2.24, 2.45) is 0 Å². The lowest BCUT2D eigenvalue weighted by Gasteiger charge is -2.32. The number of aromatic nitrogens is 2. The molecule has 28 heavy (non-hydrogen) atoms. The van der Waals surface area contributed by atoms with E-state index in [0.717, 1.165) is 44.0 Å². The number of anilines is 1. The zero-order chi connectivity index (χ0) is 19.3. The predicted molar refractivity (Wildman–Crippen MR) is 112 cm³/mol. The van der Waals surface area contributed by atoms with Gasteiger partial charge in [-0.1, -0.05) is 36.4 Å². The minimum absolute atomic E-state index is 0.140. The number of amides is 1. The Morgan fingerprint density at radius 1 is 1.14 bits per heavy atom. The molecule has 4 rings (SSSR count). The molecule has 0 unspecified atom stereocenters. The Bertz CT molecular complexity index is 920. The van der Waals surface area contributed by atoms with Gasteiger partial charge in [-0.3, -0.25) is 14.7 Å². The second kappa shape index (κ2) is 8.50. The summed E-state index contributed by atoms with van der Waals surface area (Å²) in [6, 6.07) is 16.2. The molecular weight excluding hydrogens is 370 g/mol. The fraction of sp³-hybridized carbons (Fsp3) is 0.286. The minimum atomic E-state index is -0.140. The van der Waals surface area contributed by atoms with Gasteiger partial charge in [-0.2, -0.15) is 4.37 Å². The number of pyridine rings is 1. The van der Waals surface area contributed by atoms with E-state index in [4.69, 9.17) is 5.73 Å². The van der Waals surface area contributed by atoms with Crippen molar-refractivity contribution >= 4 is 23.1 Å². The van der Waals surface area contributed by atoms with Crippen LogP contribution in [0.2, 0.25) is 0 Å². The van der Waals surface area contributed by atoms with E-state index in [9.17, 15) is 4.79 Å². The van der Waals surface area contributed by atoms with Gasteiger partial charge < -0.3 is 11.1 Å². The number of nitrogens with two attached hydrogens (primary N) is 1. The average molecular weight is 394 g/mol. The fourth-order valence-electron chi connectivity index (χ4n) is 3.48. The molecule has 6 nitrogen and oxygen atoms in total. The van der Waals surface area contributed by atoms with Gasteiger partial charge in [-0.15, -0.1) is 0 Å². The van der Waals surface area contributed by atoms with Gasteiger partial charge in [0.2, 0.25) is 0 Å². The van der Waals surface area contributed by atoms with E-state index < -0.39 is 0 Å². The Hall–Kier alpha value is -2.77. The lowest BCUT2D eigenvalue weighted by molar-refractivity contribution is 0.0914. The molecule has 1 fully saturated rings. The van der Waals surface area contributed by atoms with Crippen LogP contribution >= 0.6 is 11.5 Å². The van der Waals surface area contributed by atoms with Crippen molar-refractivity contribution in [3.05, 3.63) is 65.2 Å². The maximum atomic E-state index is 12.7. The molecule has 1 aliphatic rings. The molecule has 144 valence electrons. The van der Waals surface area contributed by atoms with E-state index in [0.29, 0.717) is 22.0 Å². The first kappa shape index (κ1) is 18.6. The number of piperidine rings is 1. The number of carbonyl (C=O) groups excluding carboxylic acids is 1. The summed E-state index contributed by atoms with van der Waals surface area (Å²) >= 11 is 1.13. The Morgan fingerprint density at radius 3 is 2.61 bits per heavy atom. The molecule has 3 heterocycles. The van der Waals surface area contributed by atoms with Crippen LogP contribution in [-0.4, -0.2) is 39.3 Å². The van der Waals surface area contributed by atoms with Crippen molar-refractivity contribution in [1.82, 2.24) is 19.6 Å². The van der Waals surface area contributed by atoms with Gasteiger partial charge in [0.15, 0.2) is 0 Å². The van der Waals surface area contributed by atoms with Gasteiger partial charge >= 0.3 is 0 Å². The van der Waals surface area contributed by atoms with Gasteiger partial charge in [0.05, 0.1) is 11.4 Å². The van der Waals surface area contributed by atoms with Gasteiger partial charge in [0, 0.05) is 31.9 Å². The monoisotopic (exact) mass is 393 g/mol. The summed E-state index contributed by atoms with van der Waals surface area (Å²) in [4.78, 5) is 19.9. The van der Waals surface area contributed by atoms with E-state index in [1.165, 1.54) is 5.56 Å². The Kier molecular flexibility index (Phi) is 5.64. The smallest absolute Gasteiger partial charge is 0.265 e. The zero-order valence-electron chi connectivity index (χ0n) is 15.5. The minimum Gasteiger partial charge on any atom is -0.396 e. The summed E-state index contributed by atoms with van der Waals surface area (Å²) in [7, 11) is 0. The fourth-order valence-corrected chi connectivity index (χ4v) is 4.19. The Morgan fingerprint density at radius 2 is 1.89 bits per heavy atom. The molecule has 0 aliphatic carbocycles. The molecule has 0 bridgehead atoms. The van der Waals surface area contributed by atoms with E-state index >= 15 is 0 Å². The molecule has 0 spiro atoms. The van der Waals surface area contributed by atoms with E-state index in [-0.39, 0.29) is 11.9 Å². The molecule has 1 saturated heterocycles. The van der Waals surface area contributed by atoms with Gasteiger partial charge in [-0.05, 0) is 42.1 Å². The summed E-state index contributed by atoms with van der Waals surface area (Å²) in [6.07, 6.45) is 3.56. The third-order valence-corrected chi connectivity index (χ3v) is 5.88. The first-order valence-corrected chi connectivity index (χ1v) is 10.2. The van der Waals surface area contributed by atoms with Crippen molar-refractivity contribution in [2.75, 3.05) is 18.8 Å². The topological polar surface area (TPSA) is 84.1 Å². The molecule has 3 N–H and O–H groups in total. The first-order valence-electron chi connectivity index (χ1n) is 9.44. The second-order valence-electron chi connectivity index (χ2n) is 7.00. The van der Waals surface area contributed by atoms with Crippen molar-refractivity contribution in [3.8, 4) is 11.4 Å². The highest BCUT2D eigenvalue weighted by atomic mass is 32.1. The summed E-state index contributed by atoms with van der Waals surface area (Å²) in [5, 5.41) is 3.13. The average Bonchev–Trinajstić information content (AvgIpc) is 3.12. The summed E-state index contributed by atoms with van der Waals surface area (Å²) in [5.41, 5.74) is 9.18. The Balaban J connectivity index is 1.33. The molecule has 0 saturated carbocycles. The van der Waals surface area contributed by atoms with Crippen LogP contribution in [0.3, 0.4) is 0 Å². The highest BCUT2D eigenvalue weighted by Gasteiger charge is 2.24. The number of nitrogen functional groups attached to an aromatic ring is 1. The quantitative estimate of drug-likeness (QED) is 0.695. The lowest BCUT2D eigenvalue weighted by Crippen LogP contribution is -2.44. The lowest BCUT2D eigenvalue weighted by atomic mass is 10.0. The van der Waals surface area contributed by atoms with Crippen LogP contribution in [-0.2, 0) is 6.54 Å². The van der Waals surface area contributed by atoms with E-state index in [2.05, 4.69) is 43.8 Å². The molecular formula is C21H23N5OS. The van der Waals surface area contributed by atoms with Crippen molar-refractivity contribution in [1.29, 1.82) is 0 Å². The standard InChI is InChI=1S/C21H23N5OS/c22-18-19(17-8-4-5-11-23-17)25-28-20(18)21(27)24-16-9-12-26(13-10-16)14-15-6-2-1-3-7-15/h1-8,11,16H,9-10,12-14,22H2,(H,24,27). The van der Waals surface area contributed by atoms with Crippen LogP contribution in [0, 0.1) is 0 Å². The summed E-state index contributed by atoms with van der Waals surface area (Å²) in [5.74, 6) is -0.140. The van der Waals surface area contributed by atoms with Gasteiger partial charge in [-0.25, -0.2) is 0 Å². The van der Waals surface area contributed by atoms with E-state index in [1.54, 1.807) is 6.20 Å². The van der Waals surface area contributed by atoms with Crippen molar-refractivity contribution in [3.63, 3.8) is 0 Å².